The fourth-order valence-electron chi connectivity index (χ4n) is 2.48. The quantitative estimate of drug-likeness (QED) is 0.516. The van der Waals surface area contributed by atoms with Crippen LogP contribution < -0.4 is 5.32 Å². The number of carbonyl (C=O) groups excluding carboxylic acids is 1. The highest BCUT2D eigenvalue weighted by molar-refractivity contribution is 7.99. The predicted molar refractivity (Wildman–Crippen MR) is 100.0 cm³/mol. The lowest BCUT2D eigenvalue weighted by Crippen LogP contribution is -2.15. The summed E-state index contributed by atoms with van der Waals surface area (Å²) in [5.41, 5.74) is 2.23. The van der Waals surface area contributed by atoms with Crippen LogP contribution in [0.3, 0.4) is 0 Å². The van der Waals surface area contributed by atoms with E-state index in [0.717, 1.165) is 22.7 Å². The van der Waals surface area contributed by atoms with Crippen molar-refractivity contribution in [2.24, 2.45) is 0 Å². The lowest BCUT2D eigenvalue weighted by Gasteiger charge is -2.06. The number of H-pyrrole nitrogens is 1. The van der Waals surface area contributed by atoms with Crippen LogP contribution >= 0.6 is 23.4 Å². The number of thioether (sulfide) groups is 1. The summed E-state index contributed by atoms with van der Waals surface area (Å²) >= 11 is 6.92. The Balaban J connectivity index is 1.48. The van der Waals surface area contributed by atoms with E-state index in [4.69, 9.17) is 11.6 Å². The van der Waals surface area contributed by atoms with Crippen molar-refractivity contribution in [1.82, 2.24) is 20.2 Å². The van der Waals surface area contributed by atoms with Gasteiger partial charge < -0.3 is 10.3 Å². The summed E-state index contributed by atoms with van der Waals surface area (Å²) in [6, 6.07) is 11.7. The Labute approximate surface area is 156 Å². The lowest BCUT2D eigenvalue weighted by atomic mass is 10.2. The molecule has 4 rings (SSSR count). The highest BCUT2D eigenvalue weighted by atomic mass is 35.5. The minimum Gasteiger partial charge on any atom is -0.338 e. The number of hydrogen-bond acceptors (Lipinski definition) is 5. The van der Waals surface area contributed by atoms with Crippen LogP contribution in [0.5, 0.6) is 0 Å². The van der Waals surface area contributed by atoms with Gasteiger partial charge in [0.15, 0.2) is 5.65 Å². The van der Waals surface area contributed by atoms with Gasteiger partial charge in [0.05, 0.1) is 11.4 Å². The fraction of sp³-hybridized carbons (Fsp3) is 0.0588. The van der Waals surface area contributed by atoms with E-state index in [1.165, 1.54) is 18.2 Å². The Bertz CT molecular complexity index is 1130. The van der Waals surface area contributed by atoms with E-state index in [1.54, 1.807) is 0 Å². The summed E-state index contributed by atoms with van der Waals surface area (Å²) < 4.78 is 13.7. The van der Waals surface area contributed by atoms with Gasteiger partial charge in [0, 0.05) is 15.9 Å². The van der Waals surface area contributed by atoms with Crippen molar-refractivity contribution in [2.75, 3.05) is 11.1 Å². The second-order valence-electron chi connectivity index (χ2n) is 5.42. The Hall–Kier alpha value is -2.71. The van der Waals surface area contributed by atoms with Gasteiger partial charge in [-0.3, -0.25) is 4.79 Å². The Kier molecular flexibility index (Phi) is 4.44. The van der Waals surface area contributed by atoms with Crippen LogP contribution in [-0.4, -0.2) is 31.8 Å². The van der Waals surface area contributed by atoms with Crippen LogP contribution in [0.4, 0.5) is 10.1 Å². The van der Waals surface area contributed by atoms with Crippen LogP contribution in [0.25, 0.3) is 22.1 Å². The number of carbonyl (C=O) groups is 1. The molecule has 2 heterocycles. The molecule has 0 spiro atoms. The molecule has 2 N–H and O–H groups in total. The maximum atomic E-state index is 13.7. The number of hydrogen-bond donors (Lipinski definition) is 2. The second kappa shape index (κ2) is 6.89. The highest BCUT2D eigenvalue weighted by Crippen LogP contribution is 2.24. The van der Waals surface area contributed by atoms with Crippen molar-refractivity contribution in [3.05, 3.63) is 53.3 Å². The number of anilines is 1. The maximum absolute atomic E-state index is 13.7. The van der Waals surface area contributed by atoms with E-state index in [1.807, 2.05) is 24.3 Å². The van der Waals surface area contributed by atoms with E-state index in [2.05, 4.69) is 25.5 Å². The number of para-hydroxylation sites is 1. The first-order valence-electron chi connectivity index (χ1n) is 7.59. The fourth-order valence-corrected chi connectivity index (χ4v) is 3.24. The molecule has 2 aromatic carbocycles. The summed E-state index contributed by atoms with van der Waals surface area (Å²) in [4.78, 5) is 19.6. The minimum absolute atomic E-state index is 0.0133. The number of halogens is 2. The summed E-state index contributed by atoms with van der Waals surface area (Å²) in [7, 11) is 0. The topological polar surface area (TPSA) is 83.6 Å². The first-order chi connectivity index (χ1) is 12.6. The van der Waals surface area contributed by atoms with Crippen LogP contribution in [-0.2, 0) is 4.79 Å². The molecular weight excluding hydrogens is 377 g/mol. The third kappa shape index (κ3) is 3.33. The van der Waals surface area contributed by atoms with Gasteiger partial charge in [-0.25, -0.2) is 9.37 Å². The second-order valence-corrected chi connectivity index (χ2v) is 6.80. The van der Waals surface area contributed by atoms with Gasteiger partial charge in [-0.05, 0) is 24.3 Å². The average Bonchev–Trinajstić information content (AvgIpc) is 3.01. The molecule has 0 saturated carbocycles. The minimum atomic E-state index is -0.551. The highest BCUT2D eigenvalue weighted by Gasteiger charge is 2.12. The molecular formula is C17H11ClFN5OS. The molecule has 1 amide bonds. The summed E-state index contributed by atoms with van der Waals surface area (Å²) in [5, 5.41) is 12.3. The zero-order valence-electron chi connectivity index (χ0n) is 13.2. The molecule has 4 aromatic rings. The average molecular weight is 388 g/mol. The molecule has 0 radical (unpaired) electrons. The van der Waals surface area contributed by atoms with Crippen LogP contribution in [0.2, 0.25) is 5.02 Å². The first kappa shape index (κ1) is 16.7. The number of aromatic nitrogens is 4. The van der Waals surface area contributed by atoms with Gasteiger partial charge in [-0.2, -0.15) is 0 Å². The number of fused-ring (bicyclic) bond motifs is 3. The molecule has 0 aliphatic heterocycles. The summed E-state index contributed by atoms with van der Waals surface area (Å²) in [6.07, 6.45) is 0. The molecule has 0 aliphatic rings. The molecule has 0 fully saturated rings. The molecule has 2 aromatic heterocycles. The van der Waals surface area contributed by atoms with E-state index in [9.17, 15) is 9.18 Å². The van der Waals surface area contributed by atoms with E-state index >= 15 is 0 Å². The third-order valence-corrected chi connectivity index (χ3v) is 4.71. The van der Waals surface area contributed by atoms with Gasteiger partial charge in [0.2, 0.25) is 11.1 Å². The molecule has 0 atom stereocenters. The zero-order valence-corrected chi connectivity index (χ0v) is 14.7. The number of benzene rings is 2. The number of aromatic amines is 1. The van der Waals surface area contributed by atoms with Crippen molar-refractivity contribution in [3.63, 3.8) is 0 Å². The van der Waals surface area contributed by atoms with Crippen LogP contribution in [0.1, 0.15) is 0 Å². The smallest absolute Gasteiger partial charge is 0.234 e. The van der Waals surface area contributed by atoms with Crippen molar-refractivity contribution >= 4 is 57.0 Å². The van der Waals surface area contributed by atoms with Crippen LogP contribution in [0, 0.1) is 5.82 Å². The standard InChI is InChI=1S/C17H11ClFN5OS/c18-9-5-6-11(19)13(7-9)20-14(25)8-26-17-22-16-15(23-24-17)10-3-1-2-4-12(10)21-16/h1-7H,8H2,(H,20,25)(H,21,22,24). The van der Waals surface area contributed by atoms with Gasteiger partial charge in [-0.1, -0.05) is 41.6 Å². The Morgan fingerprint density at radius 1 is 1.23 bits per heavy atom. The summed E-state index contributed by atoms with van der Waals surface area (Å²) in [5.74, 6) is -0.930. The van der Waals surface area contributed by atoms with Crippen LogP contribution in [0.15, 0.2) is 47.6 Å². The lowest BCUT2D eigenvalue weighted by molar-refractivity contribution is -0.113. The number of nitrogens with one attached hydrogen (secondary N) is 2. The zero-order chi connectivity index (χ0) is 18.1. The molecule has 26 heavy (non-hydrogen) atoms. The van der Waals surface area contributed by atoms with Crippen molar-refractivity contribution in [3.8, 4) is 0 Å². The molecule has 130 valence electrons. The van der Waals surface area contributed by atoms with Crippen molar-refractivity contribution in [1.29, 1.82) is 0 Å². The third-order valence-electron chi connectivity index (χ3n) is 3.64. The molecule has 0 bridgehead atoms. The van der Waals surface area contributed by atoms with Gasteiger partial charge in [0.1, 0.15) is 11.3 Å². The predicted octanol–water partition coefficient (Wildman–Crippen LogP) is 4.03. The molecule has 0 aliphatic carbocycles. The van der Waals surface area contributed by atoms with Gasteiger partial charge in [0.25, 0.3) is 0 Å². The molecule has 9 heteroatoms. The number of amides is 1. The van der Waals surface area contributed by atoms with Crippen molar-refractivity contribution < 1.29 is 9.18 Å². The first-order valence-corrected chi connectivity index (χ1v) is 8.95. The SMILES string of the molecule is O=C(CSc1nnc2c(n1)[nH]c1ccccc12)Nc1cc(Cl)ccc1F. The summed E-state index contributed by atoms with van der Waals surface area (Å²) in [6.45, 7) is 0. The maximum Gasteiger partial charge on any atom is 0.234 e. The van der Waals surface area contributed by atoms with Gasteiger partial charge >= 0.3 is 0 Å². The van der Waals surface area contributed by atoms with E-state index in [0.29, 0.717) is 21.3 Å². The Morgan fingerprint density at radius 2 is 2.08 bits per heavy atom. The monoisotopic (exact) mass is 387 g/mol. The molecule has 0 saturated heterocycles. The van der Waals surface area contributed by atoms with Crippen molar-refractivity contribution in [2.45, 2.75) is 5.16 Å². The molecule has 0 unspecified atom stereocenters. The molecule has 6 nitrogen and oxygen atoms in total. The Morgan fingerprint density at radius 3 is 2.96 bits per heavy atom. The normalized spacial score (nSPS) is 11.2. The van der Waals surface area contributed by atoms with E-state index in [-0.39, 0.29) is 11.4 Å². The number of rotatable bonds is 4. The largest absolute Gasteiger partial charge is 0.338 e. The number of nitrogens with zero attached hydrogens (tertiary/aromatic N) is 3. The van der Waals surface area contributed by atoms with E-state index < -0.39 is 11.7 Å². The van der Waals surface area contributed by atoms with Gasteiger partial charge in [-0.15, -0.1) is 10.2 Å².